The zero-order valence-corrected chi connectivity index (χ0v) is 12.6. The summed E-state index contributed by atoms with van der Waals surface area (Å²) in [4.78, 5) is 23.3. The molecule has 1 amide bonds. The van der Waals surface area contributed by atoms with Crippen LogP contribution in [0.3, 0.4) is 0 Å². The van der Waals surface area contributed by atoms with Gasteiger partial charge in [0, 0.05) is 12.8 Å². The molecule has 5 nitrogen and oxygen atoms in total. The SMILES string of the molecule is O=C(CCc1ccc(O)cc1)NC(Cc1ccccc1)C(=O)O. The minimum Gasteiger partial charge on any atom is -0.508 e. The fourth-order valence-electron chi connectivity index (χ4n) is 2.24. The summed E-state index contributed by atoms with van der Waals surface area (Å²) >= 11 is 0. The molecule has 5 heteroatoms. The Kier molecular flexibility index (Phi) is 5.74. The number of aromatic hydroxyl groups is 1. The lowest BCUT2D eigenvalue weighted by atomic mass is 10.1. The lowest BCUT2D eigenvalue weighted by Crippen LogP contribution is -2.42. The summed E-state index contributed by atoms with van der Waals surface area (Å²) in [6.07, 6.45) is 0.939. The molecule has 1 atom stereocenters. The van der Waals surface area contributed by atoms with E-state index in [1.54, 1.807) is 24.3 Å². The van der Waals surface area contributed by atoms with Gasteiger partial charge in [0.15, 0.2) is 0 Å². The topological polar surface area (TPSA) is 86.6 Å². The number of rotatable bonds is 7. The van der Waals surface area contributed by atoms with Crippen LogP contribution in [0.2, 0.25) is 0 Å². The summed E-state index contributed by atoms with van der Waals surface area (Å²) in [5.74, 6) is -1.18. The average molecular weight is 313 g/mol. The Morgan fingerprint density at radius 1 is 0.957 bits per heavy atom. The second kappa shape index (κ2) is 7.98. The Labute approximate surface area is 134 Å². The number of carbonyl (C=O) groups excluding carboxylic acids is 1. The monoisotopic (exact) mass is 313 g/mol. The third kappa shape index (κ3) is 5.47. The van der Waals surface area contributed by atoms with E-state index in [2.05, 4.69) is 5.32 Å². The van der Waals surface area contributed by atoms with Gasteiger partial charge in [-0.3, -0.25) is 4.79 Å². The Balaban J connectivity index is 1.88. The van der Waals surface area contributed by atoms with Crippen LogP contribution >= 0.6 is 0 Å². The largest absolute Gasteiger partial charge is 0.508 e. The molecule has 0 aliphatic carbocycles. The number of hydrogen-bond acceptors (Lipinski definition) is 3. The van der Waals surface area contributed by atoms with Gasteiger partial charge < -0.3 is 15.5 Å². The normalized spacial score (nSPS) is 11.7. The molecule has 0 saturated carbocycles. The highest BCUT2D eigenvalue weighted by Gasteiger charge is 2.20. The number of carboxylic acid groups (broad SMARTS) is 1. The van der Waals surface area contributed by atoms with Crippen LogP contribution in [0.1, 0.15) is 17.5 Å². The van der Waals surface area contributed by atoms with Gasteiger partial charge in [0.05, 0.1) is 0 Å². The molecule has 0 spiro atoms. The van der Waals surface area contributed by atoms with E-state index < -0.39 is 12.0 Å². The molecular weight excluding hydrogens is 294 g/mol. The number of aryl methyl sites for hydroxylation is 1. The Bertz CT molecular complexity index is 652. The van der Waals surface area contributed by atoms with Gasteiger partial charge in [-0.1, -0.05) is 42.5 Å². The summed E-state index contributed by atoms with van der Waals surface area (Å²) in [5.41, 5.74) is 1.77. The number of carboxylic acids is 1. The van der Waals surface area contributed by atoms with E-state index in [-0.39, 0.29) is 24.5 Å². The molecule has 0 aliphatic heterocycles. The van der Waals surface area contributed by atoms with Crippen LogP contribution in [0.4, 0.5) is 0 Å². The molecule has 1 unspecified atom stereocenters. The smallest absolute Gasteiger partial charge is 0.326 e. The van der Waals surface area contributed by atoms with E-state index in [0.29, 0.717) is 6.42 Å². The van der Waals surface area contributed by atoms with Crippen molar-refractivity contribution >= 4 is 11.9 Å². The maximum atomic E-state index is 12.0. The molecule has 0 fully saturated rings. The maximum absolute atomic E-state index is 12.0. The number of carbonyl (C=O) groups is 2. The van der Waals surface area contributed by atoms with E-state index in [9.17, 15) is 19.8 Å². The van der Waals surface area contributed by atoms with Gasteiger partial charge in [0.1, 0.15) is 11.8 Å². The zero-order valence-electron chi connectivity index (χ0n) is 12.6. The Morgan fingerprint density at radius 3 is 2.22 bits per heavy atom. The van der Waals surface area contributed by atoms with Crippen molar-refractivity contribution in [1.82, 2.24) is 5.32 Å². The molecule has 0 bridgehead atoms. The van der Waals surface area contributed by atoms with E-state index in [0.717, 1.165) is 11.1 Å². The standard InChI is InChI=1S/C18H19NO4/c20-15-9-6-13(7-10-15)8-11-17(21)19-16(18(22)23)12-14-4-2-1-3-5-14/h1-7,9-10,16,20H,8,11-12H2,(H,19,21)(H,22,23). The van der Waals surface area contributed by atoms with Gasteiger partial charge >= 0.3 is 5.97 Å². The highest BCUT2D eigenvalue weighted by atomic mass is 16.4. The fourth-order valence-corrected chi connectivity index (χ4v) is 2.24. The average Bonchev–Trinajstić information content (AvgIpc) is 2.54. The number of phenolic OH excluding ortho intramolecular Hbond substituents is 1. The predicted molar refractivity (Wildman–Crippen MR) is 86.1 cm³/mol. The molecule has 3 N–H and O–H groups in total. The molecule has 2 rings (SSSR count). The third-order valence-electron chi connectivity index (χ3n) is 3.49. The van der Waals surface area contributed by atoms with Crippen molar-refractivity contribution < 1.29 is 19.8 Å². The van der Waals surface area contributed by atoms with Crippen LogP contribution in [-0.2, 0) is 22.4 Å². The molecule has 0 heterocycles. The summed E-state index contributed by atoms with van der Waals surface area (Å²) in [6, 6.07) is 14.8. The van der Waals surface area contributed by atoms with Gasteiger partial charge in [0.25, 0.3) is 0 Å². The third-order valence-corrected chi connectivity index (χ3v) is 3.49. The lowest BCUT2D eigenvalue weighted by Gasteiger charge is -2.14. The highest BCUT2D eigenvalue weighted by Crippen LogP contribution is 2.11. The molecule has 0 aromatic heterocycles. The molecule has 23 heavy (non-hydrogen) atoms. The van der Waals surface area contributed by atoms with Crippen LogP contribution in [0.5, 0.6) is 5.75 Å². The van der Waals surface area contributed by atoms with Crippen molar-refractivity contribution in [1.29, 1.82) is 0 Å². The number of amides is 1. The molecule has 0 radical (unpaired) electrons. The molecular formula is C18H19NO4. The number of benzene rings is 2. The van der Waals surface area contributed by atoms with Crippen molar-refractivity contribution in [3.63, 3.8) is 0 Å². The first kappa shape index (κ1) is 16.5. The minimum absolute atomic E-state index is 0.173. The summed E-state index contributed by atoms with van der Waals surface area (Å²) in [5, 5.41) is 21.0. The van der Waals surface area contributed by atoms with Gasteiger partial charge in [-0.25, -0.2) is 4.79 Å². The summed E-state index contributed by atoms with van der Waals surface area (Å²) < 4.78 is 0. The maximum Gasteiger partial charge on any atom is 0.326 e. The number of phenols is 1. The Morgan fingerprint density at radius 2 is 1.61 bits per heavy atom. The number of aliphatic carboxylic acids is 1. The second-order valence-electron chi connectivity index (χ2n) is 5.31. The van der Waals surface area contributed by atoms with Crippen LogP contribution in [0.25, 0.3) is 0 Å². The van der Waals surface area contributed by atoms with E-state index in [1.807, 2.05) is 30.3 Å². The molecule has 2 aromatic carbocycles. The first-order valence-corrected chi connectivity index (χ1v) is 7.38. The zero-order chi connectivity index (χ0) is 16.7. The molecule has 0 aliphatic rings. The summed E-state index contributed by atoms with van der Waals surface area (Å²) in [7, 11) is 0. The highest BCUT2D eigenvalue weighted by molar-refractivity contribution is 5.83. The van der Waals surface area contributed by atoms with E-state index >= 15 is 0 Å². The van der Waals surface area contributed by atoms with Crippen LogP contribution in [-0.4, -0.2) is 28.1 Å². The van der Waals surface area contributed by atoms with Crippen molar-refractivity contribution in [2.75, 3.05) is 0 Å². The predicted octanol–water partition coefficient (Wildman–Crippen LogP) is 2.14. The lowest BCUT2D eigenvalue weighted by molar-refractivity contribution is -0.141. The van der Waals surface area contributed by atoms with E-state index in [1.165, 1.54) is 0 Å². The van der Waals surface area contributed by atoms with Gasteiger partial charge in [-0.15, -0.1) is 0 Å². The number of hydrogen-bond donors (Lipinski definition) is 3. The molecule has 0 saturated heterocycles. The van der Waals surface area contributed by atoms with Crippen LogP contribution < -0.4 is 5.32 Å². The van der Waals surface area contributed by atoms with Crippen LogP contribution in [0.15, 0.2) is 54.6 Å². The van der Waals surface area contributed by atoms with Gasteiger partial charge in [-0.2, -0.15) is 0 Å². The van der Waals surface area contributed by atoms with Gasteiger partial charge in [-0.05, 0) is 29.7 Å². The molecule has 2 aromatic rings. The van der Waals surface area contributed by atoms with Crippen molar-refractivity contribution in [3.05, 3.63) is 65.7 Å². The van der Waals surface area contributed by atoms with Crippen molar-refractivity contribution in [3.8, 4) is 5.75 Å². The minimum atomic E-state index is -1.05. The van der Waals surface area contributed by atoms with Crippen molar-refractivity contribution in [2.24, 2.45) is 0 Å². The van der Waals surface area contributed by atoms with Crippen LogP contribution in [0, 0.1) is 0 Å². The first-order valence-electron chi connectivity index (χ1n) is 7.38. The number of nitrogens with one attached hydrogen (secondary N) is 1. The van der Waals surface area contributed by atoms with E-state index in [4.69, 9.17) is 0 Å². The van der Waals surface area contributed by atoms with Crippen molar-refractivity contribution in [2.45, 2.75) is 25.3 Å². The Hall–Kier alpha value is -2.82. The second-order valence-corrected chi connectivity index (χ2v) is 5.31. The first-order chi connectivity index (χ1) is 11.0. The quantitative estimate of drug-likeness (QED) is 0.731. The van der Waals surface area contributed by atoms with Gasteiger partial charge in [0.2, 0.25) is 5.91 Å². The fraction of sp³-hybridized carbons (Fsp3) is 0.222. The molecule has 120 valence electrons. The summed E-state index contributed by atoms with van der Waals surface area (Å²) in [6.45, 7) is 0.